The van der Waals surface area contributed by atoms with Crippen LogP contribution in [0.4, 0.5) is 5.69 Å². The van der Waals surface area contributed by atoms with Crippen molar-refractivity contribution in [3.05, 3.63) is 65.7 Å². The molecule has 0 aliphatic carbocycles. The maximum absolute atomic E-state index is 12.5. The molecule has 3 amide bonds. The lowest BCUT2D eigenvalue weighted by atomic mass is 10.1. The highest BCUT2D eigenvalue weighted by molar-refractivity contribution is 6.40. The lowest BCUT2D eigenvalue weighted by Gasteiger charge is -2.33. The molecule has 1 unspecified atom stereocenters. The summed E-state index contributed by atoms with van der Waals surface area (Å²) in [6.45, 7) is 3.02. The largest absolute Gasteiger partial charge is 0.370 e. The number of hydrogen-bond donors (Lipinski definition) is 2. The molecule has 152 valence electrons. The SMILES string of the molecule is CCc1ccccc1NC(=O)C(=O)NCC(=O)N1CCOC(c2ccccc2)C1. The van der Waals surface area contributed by atoms with E-state index in [1.165, 1.54) is 0 Å². The Bertz CT molecular complexity index is 869. The summed E-state index contributed by atoms with van der Waals surface area (Å²) in [7, 11) is 0. The minimum absolute atomic E-state index is 0.196. The van der Waals surface area contributed by atoms with Crippen molar-refractivity contribution in [2.45, 2.75) is 19.4 Å². The Morgan fingerprint density at radius 1 is 1.03 bits per heavy atom. The van der Waals surface area contributed by atoms with Gasteiger partial charge in [0.2, 0.25) is 5.91 Å². The van der Waals surface area contributed by atoms with Crippen molar-refractivity contribution >= 4 is 23.4 Å². The molecule has 0 saturated carbocycles. The number of carbonyl (C=O) groups excluding carboxylic acids is 3. The third kappa shape index (κ3) is 5.42. The van der Waals surface area contributed by atoms with Crippen LogP contribution in [0.25, 0.3) is 0 Å². The van der Waals surface area contributed by atoms with E-state index in [-0.39, 0.29) is 18.6 Å². The zero-order valence-electron chi connectivity index (χ0n) is 16.4. The highest BCUT2D eigenvalue weighted by Crippen LogP contribution is 2.21. The molecule has 29 heavy (non-hydrogen) atoms. The fourth-order valence-corrected chi connectivity index (χ4v) is 3.22. The van der Waals surface area contributed by atoms with Crippen LogP contribution in [0.1, 0.15) is 24.2 Å². The molecule has 0 bridgehead atoms. The smallest absolute Gasteiger partial charge is 0.313 e. The molecule has 2 aromatic rings. The van der Waals surface area contributed by atoms with Gasteiger partial charge in [-0.1, -0.05) is 55.5 Å². The molecule has 1 aliphatic rings. The van der Waals surface area contributed by atoms with Crippen molar-refractivity contribution in [1.82, 2.24) is 10.2 Å². The first-order valence-electron chi connectivity index (χ1n) is 9.70. The van der Waals surface area contributed by atoms with Gasteiger partial charge in [0.15, 0.2) is 0 Å². The molecule has 3 rings (SSSR count). The van der Waals surface area contributed by atoms with E-state index in [0.717, 1.165) is 17.5 Å². The second kappa shape index (κ2) is 9.84. The molecular weight excluding hydrogens is 370 g/mol. The number of aryl methyl sites for hydroxylation is 1. The third-order valence-electron chi connectivity index (χ3n) is 4.84. The molecule has 0 spiro atoms. The Balaban J connectivity index is 1.50. The summed E-state index contributed by atoms with van der Waals surface area (Å²) in [4.78, 5) is 38.4. The Morgan fingerprint density at radius 3 is 2.52 bits per heavy atom. The van der Waals surface area contributed by atoms with Crippen LogP contribution in [0.2, 0.25) is 0 Å². The zero-order valence-corrected chi connectivity index (χ0v) is 16.4. The molecule has 1 saturated heterocycles. The number of anilines is 1. The predicted octanol–water partition coefficient (Wildman–Crippen LogP) is 1.90. The minimum Gasteiger partial charge on any atom is -0.370 e. The van der Waals surface area contributed by atoms with Crippen LogP contribution in [-0.2, 0) is 25.5 Å². The number of rotatable bonds is 5. The Morgan fingerprint density at radius 2 is 1.76 bits per heavy atom. The van der Waals surface area contributed by atoms with Crippen molar-refractivity contribution in [3.8, 4) is 0 Å². The lowest BCUT2D eigenvalue weighted by Crippen LogP contribution is -2.48. The quantitative estimate of drug-likeness (QED) is 0.757. The Hall–Kier alpha value is -3.19. The summed E-state index contributed by atoms with van der Waals surface area (Å²) >= 11 is 0. The van der Waals surface area contributed by atoms with Crippen LogP contribution >= 0.6 is 0 Å². The molecule has 7 nitrogen and oxygen atoms in total. The summed E-state index contributed by atoms with van der Waals surface area (Å²) in [5, 5.41) is 5.01. The number of ether oxygens (including phenoxy) is 1. The topological polar surface area (TPSA) is 87.7 Å². The monoisotopic (exact) mass is 395 g/mol. The summed E-state index contributed by atoms with van der Waals surface area (Å²) in [6.07, 6.45) is 0.536. The van der Waals surface area contributed by atoms with Gasteiger partial charge in [0.1, 0.15) is 6.10 Å². The maximum Gasteiger partial charge on any atom is 0.313 e. The van der Waals surface area contributed by atoms with Crippen molar-refractivity contribution in [3.63, 3.8) is 0 Å². The fourth-order valence-electron chi connectivity index (χ4n) is 3.22. The third-order valence-corrected chi connectivity index (χ3v) is 4.84. The molecule has 7 heteroatoms. The number of nitrogens with one attached hydrogen (secondary N) is 2. The second-order valence-electron chi connectivity index (χ2n) is 6.76. The molecular formula is C22H25N3O4. The first kappa shape index (κ1) is 20.5. The highest BCUT2D eigenvalue weighted by Gasteiger charge is 2.26. The van der Waals surface area contributed by atoms with E-state index >= 15 is 0 Å². The first-order valence-corrected chi connectivity index (χ1v) is 9.70. The Kier molecular flexibility index (Phi) is 6.97. The van der Waals surface area contributed by atoms with Gasteiger partial charge in [-0.25, -0.2) is 0 Å². The van der Waals surface area contributed by atoms with E-state index < -0.39 is 11.8 Å². The minimum atomic E-state index is -0.836. The number of amides is 3. The van der Waals surface area contributed by atoms with Gasteiger partial charge < -0.3 is 20.3 Å². The first-order chi connectivity index (χ1) is 14.1. The molecule has 2 aromatic carbocycles. The number of para-hydroxylation sites is 1. The van der Waals surface area contributed by atoms with Crippen LogP contribution < -0.4 is 10.6 Å². The van der Waals surface area contributed by atoms with Crippen LogP contribution in [0.3, 0.4) is 0 Å². The molecule has 1 aliphatic heterocycles. The van der Waals surface area contributed by atoms with Crippen molar-refractivity contribution in [2.75, 3.05) is 31.6 Å². The average molecular weight is 395 g/mol. The number of hydrogen-bond acceptors (Lipinski definition) is 4. The van der Waals surface area contributed by atoms with Gasteiger partial charge in [0.25, 0.3) is 0 Å². The molecule has 1 atom stereocenters. The van der Waals surface area contributed by atoms with E-state index in [2.05, 4.69) is 10.6 Å². The van der Waals surface area contributed by atoms with Crippen LogP contribution in [0.5, 0.6) is 0 Å². The van der Waals surface area contributed by atoms with E-state index in [9.17, 15) is 14.4 Å². The van der Waals surface area contributed by atoms with E-state index in [0.29, 0.717) is 25.4 Å². The van der Waals surface area contributed by atoms with E-state index in [4.69, 9.17) is 4.74 Å². The summed E-state index contributed by atoms with van der Waals surface area (Å²) < 4.78 is 5.75. The van der Waals surface area contributed by atoms with Crippen molar-refractivity contribution in [2.24, 2.45) is 0 Å². The highest BCUT2D eigenvalue weighted by atomic mass is 16.5. The number of morpholine rings is 1. The van der Waals surface area contributed by atoms with Gasteiger partial charge in [-0.15, -0.1) is 0 Å². The van der Waals surface area contributed by atoms with Crippen molar-refractivity contribution < 1.29 is 19.1 Å². The van der Waals surface area contributed by atoms with Gasteiger partial charge in [0, 0.05) is 12.2 Å². The molecule has 0 radical (unpaired) electrons. The van der Waals surface area contributed by atoms with Gasteiger partial charge in [0.05, 0.1) is 19.7 Å². The Labute approximate surface area is 170 Å². The number of carbonyl (C=O) groups is 3. The fraction of sp³-hybridized carbons (Fsp3) is 0.318. The number of nitrogens with zero attached hydrogens (tertiary/aromatic N) is 1. The summed E-state index contributed by atoms with van der Waals surface area (Å²) in [5.74, 6) is -1.87. The predicted molar refractivity (Wildman–Crippen MR) is 109 cm³/mol. The summed E-state index contributed by atoms with van der Waals surface area (Å²) in [5.41, 5.74) is 2.54. The average Bonchev–Trinajstić information content (AvgIpc) is 2.78. The second-order valence-corrected chi connectivity index (χ2v) is 6.76. The maximum atomic E-state index is 12.5. The van der Waals surface area contributed by atoms with Crippen LogP contribution in [0.15, 0.2) is 54.6 Å². The zero-order chi connectivity index (χ0) is 20.6. The molecule has 0 aromatic heterocycles. The van der Waals surface area contributed by atoms with Gasteiger partial charge >= 0.3 is 11.8 Å². The van der Waals surface area contributed by atoms with Crippen LogP contribution in [-0.4, -0.2) is 48.9 Å². The number of benzene rings is 2. The van der Waals surface area contributed by atoms with E-state index in [1.54, 1.807) is 17.0 Å². The normalized spacial score (nSPS) is 16.2. The van der Waals surface area contributed by atoms with Crippen LogP contribution in [0, 0.1) is 0 Å². The molecule has 1 fully saturated rings. The standard InChI is InChI=1S/C22H25N3O4/c1-2-16-8-6-7-11-18(16)24-22(28)21(27)23-14-20(26)25-12-13-29-19(15-25)17-9-4-3-5-10-17/h3-11,19H,2,12-15H2,1H3,(H,23,27)(H,24,28). The summed E-state index contributed by atoms with van der Waals surface area (Å²) in [6, 6.07) is 17.0. The van der Waals surface area contributed by atoms with E-state index in [1.807, 2.05) is 49.4 Å². The lowest BCUT2D eigenvalue weighted by molar-refractivity contribution is -0.141. The van der Waals surface area contributed by atoms with Crippen molar-refractivity contribution in [1.29, 1.82) is 0 Å². The van der Waals surface area contributed by atoms with Gasteiger partial charge in [-0.05, 0) is 23.6 Å². The van der Waals surface area contributed by atoms with Gasteiger partial charge in [-0.2, -0.15) is 0 Å². The molecule has 2 N–H and O–H groups in total. The van der Waals surface area contributed by atoms with Gasteiger partial charge in [-0.3, -0.25) is 14.4 Å². The molecule has 1 heterocycles.